The number of fused-ring (bicyclic) bond motifs is 1. The molecule has 1 aromatic rings. The van der Waals surface area contributed by atoms with E-state index in [-0.39, 0.29) is 30.3 Å². The summed E-state index contributed by atoms with van der Waals surface area (Å²) in [4.78, 5) is 12.3. The van der Waals surface area contributed by atoms with Crippen LogP contribution >= 0.6 is 0 Å². The van der Waals surface area contributed by atoms with Crippen LogP contribution in [-0.2, 0) is 11.2 Å². The van der Waals surface area contributed by atoms with Crippen LogP contribution in [-0.4, -0.2) is 29.8 Å². The predicted molar refractivity (Wildman–Crippen MR) is 75.5 cm³/mol. The average molecular weight is 293 g/mol. The summed E-state index contributed by atoms with van der Waals surface area (Å²) in [6.07, 6.45) is 3.81. The highest BCUT2D eigenvalue weighted by atomic mass is 19.1. The Bertz CT molecular complexity index is 534. The number of nitrogens with one attached hydrogen (secondary N) is 1. The SMILES string of the molecule is O=C(NC1CCCCC1CO)C1Cc2cc(F)ccc2O1. The van der Waals surface area contributed by atoms with E-state index in [0.29, 0.717) is 12.2 Å². The van der Waals surface area contributed by atoms with Crippen LogP contribution in [0.2, 0.25) is 0 Å². The normalized spacial score (nSPS) is 27.8. The van der Waals surface area contributed by atoms with Crippen molar-refractivity contribution in [2.24, 2.45) is 5.92 Å². The second-order valence-corrected chi connectivity index (χ2v) is 5.90. The van der Waals surface area contributed by atoms with Crippen LogP contribution in [0.3, 0.4) is 0 Å². The van der Waals surface area contributed by atoms with E-state index in [4.69, 9.17) is 4.74 Å². The lowest BCUT2D eigenvalue weighted by atomic mass is 9.85. The third-order valence-corrected chi connectivity index (χ3v) is 4.46. The zero-order valence-electron chi connectivity index (χ0n) is 11.8. The Morgan fingerprint density at radius 3 is 3.00 bits per heavy atom. The molecule has 0 aromatic heterocycles. The van der Waals surface area contributed by atoms with Gasteiger partial charge >= 0.3 is 0 Å². The number of hydrogen-bond donors (Lipinski definition) is 2. The van der Waals surface area contributed by atoms with E-state index in [1.165, 1.54) is 12.1 Å². The van der Waals surface area contributed by atoms with E-state index in [0.717, 1.165) is 31.2 Å². The minimum atomic E-state index is -0.594. The summed E-state index contributed by atoms with van der Waals surface area (Å²) >= 11 is 0. The van der Waals surface area contributed by atoms with E-state index >= 15 is 0 Å². The third-order valence-electron chi connectivity index (χ3n) is 4.46. The molecule has 1 heterocycles. The van der Waals surface area contributed by atoms with Gasteiger partial charge in [-0.3, -0.25) is 4.79 Å². The third kappa shape index (κ3) is 3.02. The zero-order chi connectivity index (χ0) is 14.8. The molecule has 1 saturated carbocycles. The Morgan fingerprint density at radius 2 is 2.19 bits per heavy atom. The highest BCUT2D eigenvalue weighted by Crippen LogP contribution is 2.30. The van der Waals surface area contributed by atoms with Crippen molar-refractivity contribution in [2.75, 3.05) is 6.61 Å². The fourth-order valence-electron chi connectivity index (χ4n) is 3.26. The lowest BCUT2D eigenvalue weighted by Crippen LogP contribution is -2.48. The number of aliphatic hydroxyl groups excluding tert-OH is 1. The lowest BCUT2D eigenvalue weighted by molar-refractivity contribution is -0.128. The van der Waals surface area contributed by atoms with Crippen molar-refractivity contribution in [2.45, 2.75) is 44.2 Å². The fraction of sp³-hybridized carbons (Fsp3) is 0.562. The van der Waals surface area contributed by atoms with E-state index in [1.54, 1.807) is 6.07 Å². The number of carbonyl (C=O) groups excluding carboxylic acids is 1. The topological polar surface area (TPSA) is 58.6 Å². The van der Waals surface area contributed by atoms with Crippen molar-refractivity contribution in [3.8, 4) is 5.75 Å². The molecule has 1 aromatic carbocycles. The van der Waals surface area contributed by atoms with Crippen molar-refractivity contribution in [1.82, 2.24) is 5.32 Å². The van der Waals surface area contributed by atoms with E-state index in [2.05, 4.69) is 5.32 Å². The largest absolute Gasteiger partial charge is 0.480 e. The van der Waals surface area contributed by atoms with Crippen LogP contribution in [0, 0.1) is 11.7 Å². The lowest BCUT2D eigenvalue weighted by Gasteiger charge is -2.31. The molecule has 5 heteroatoms. The molecule has 0 radical (unpaired) electrons. The van der Waals surface area contributed by atoms with Crippen LogP contribution in [0.5, 0.6) is 5.75 Å². The van der Waals surface area contributed by atoms with Crippen LogP contribution in [0.25, 0.3) is 0 Å². The Hall–Kier alpha value is -1.62. The predicted octanol–water partition coefficient (Wildman–Crippen LogP) is 1.80. The van der Waals surface area contributed by atoms with Gasteiger partial charge in [0, 0.05) is 30.6 Å². The first-order chi connectivity index (χ1) is 10.2. The minimum absolute atomic E-state index is 0.0142. The first kappa shape index (κ1) is 14.3. The van der Waals surface area contributed by atoms with Gasteiger partial charge in [0.05, 0.1) is 0 Å². The van der Waals surface area contributed by atoms with Gasteiger partial charge in [-0.25, -0.2) is 4.39 Å². The van der Waals surface area contributed by atoms with E-state index in [1.807, 2.05) is 0 Å². The summed E-state index contributed by atoms with van der Waals surface area (Å²) in [6.45, 7) is 0.0991. The zero-order valence-corrected chi connectivity index (χ0v) is 11.8. The number of halogens is 1. The molecule has 0 bridgehead atoms. The number of aliphatic hydroxyl groups is 1. The molecule has 3 rings (SSSR count). The monoisotopic (exact) mass is 293 g/mol. The summed E-state index contributed by atoms with van der Waals surface area (Å²) in [5, 5.41) is 12.4. The van der Waals surface area contributed by atoms with Gasteiger partial charge in [0.2, 0.25) is 0 Å². The number of ether oxygens (including phenoxy) is 1. The summed E-state index contributed by atoms with van der Waals surface area (Å²) in [6, 6.07) is 4.33. The molecule has 0 spiro atoms. The molecule has 3 unspecified atom stereocenters. The van der Waals surface area contributed by atoms with Gasteiger partial charge in [0.1, 0.15) is 11.6 Å². The Labute approximate surface area is 123 Å². The molecule has 1 aliphatic heterocycles. The van der Waals surface area contributed by atoms with Gasteiger partial charge < -0.3 is 15.2 Å². The number of amides is 1. The summed E-state index contributed by atoms with van der Waals surface area (Å²) < 4.78 is 18.8. The van der Waals surface area contributed by atoms with Crippen LogP contribution in [0.4, 0.5) is 4.39 Å². The first-order valence-electron chi connectivity index (χ1n) is 7.53. The Balaban J connectivity index is 1.62. The molecular formula is C16H20FNO3. The molecule has 1 amide bonds. The first-order valence-corrected chi connectivity index (χ1v) is 7.53. The quantitative estimate of drug-likeness (QED) is 0.893. The number of rotatable bonds is 3. The van der Waals surface area contributed by atoms with Crippen LogP contribution < -0.4 is 10.1 Å². The molecular weight excluding hydrogens is 273 g/mol. The molecule has 4 nitrogen and oxygen atoms in total. The summed E-state index contributed by atoms with van der Waals surface area (Å²) in [5.41, 5.74) is 0.734. The Morgan fingerprint density at radius 1 is 1.38 bits per heavy atom. The molecule has 1 aliphatic carbocycles. The van der Waals surface area contributed by atoms with Gasteiger partial charge in [-0.2, -0.15) is 0 Å². The highest BCUT2D eigenvalue weighted by Gasteiger charge is 2.33. The maximum Gasteiger partial charge on any atom is 0.261 e. The maximum absolute atomic E-state index is 13.2. The average Bonchev–Trinajstić information content (AvgIpc) is 2.91. The smallest absolute Gasteiger partial charge is 0.261 e. The van der Waals surface area contributed by atoms with Crippen LogP contribution in [0.15, 0.2) is 18.2 Å². The van der Waals surface area contributed by atoms with E-state index < -0.39 is 6.10 Å². The Kier molecular flexibility index (Phi) is 4.10. The number of benzene rings is 1. The standard InChI is InChI=1S/C16H20FNO3/c17-12-5-6-14-11(7-12)8-15(21-14)16(20)18-13-4-2-1-3-10(13)9-19/h5-7,10,13,15,19H,1-4,8-9H2,(H,18,20). The highest BCUT2D eigenvalue weighted by molar-refractivity contribution is 5.82. The summed E-state index contributed by atoms with van der Waals surface area (Å²) in [7, 11) is 0. The maximum atomic E-state index is 13.2. The molecule has 0 saturated heterocycles. The fourth-order valence-corrected chi connectivity index (χ4v) is 3.26. The van der Waals surface area contributed by atoms with Crippen molar-refractivity contribution in [3.05, 3.63) is 29.6 Å². The van der Waals surface area contributed by atoms with Crippen molar-refractivity contribution in [3.63, 3.8) is 0 Å². The van der Waals surface area contributed by atoms with Gasteiger partial charge in [0.25, 0.3) is 5.91 Å². The van der Waals surface area contributed by atoms with Crippen molar-refractivity contribution < 1.29 is 19.0 Å². The molecule has 3 atom stereocenters. The van der Waals surface area contributed by atoms with Gasteiger partial charge in [-0.1, -0.05) is 12.8 Å². The minimum Gasteiger partial charge on any atom is -0.480 e. The second-order valence-electron chi connectivity index (χ2n) is 5.90. The number of hydrogen-bond acceptors (Lipinski definition) is 3. The number of carbonyl (C=O) groups is 1. The van der Waals surface area contributed by atoms with Gasteiger partial charge in [-0.15, -0.1) is 0 Å². The van der Waals surface area contributed by atoms with Crippen molar-refractivity contribution >= 4 is 5.91 Å². The molecule has 1 fully saturated rings. The molecule has 2 N–H and O–H groups in total. The molecule has 2 aliphatic rings. The molecule has 21 heavy (non-hydrogen) atoms. The van der Waals surface area contributed by atoms with Crippen molar-refractivity contribution in [1.29, 1.82) is 0 Å². The van der Waals surface area contributed by atoms with Gasteiger partial charge in [-0.05, 0) is 31.0 Å². The second kappa shape index (κ2) is 6.02. The summed E-state index contributed by atoms with van der Waals surface area (Å²) in [5.74, 6) is 0.228. The van der Waals surface area contributed by atoms with E-state index in [9.17, 15) is 14.3 Å². The van der Waals surface area contributed by atoms with Crippen LogP contribution in [0.1, 0.15) is 31.2 Å². The molecule has 114 valence electrons. The van der Waals surface area contributed by atoms with Gasteiger partial charge in [0.15, 0.2) is 6.10 Å².